The Labute approximate surface area is 331 Å². The maximum Gasteiger partial charge on any atom is 0.481 e. The van der Waals surface area contributed by atoms with Gasteiger partial charge in [-0.3, -0.25) is 32.5 Å². The molecule has 1 saturated heterocycles. The van der Waals surface area contributed by atoms with E-state index < -0.39 is 84.6 Å². The number of nitrogen functional groups attached to an aromatic ring is 1. The summed E-state index contributed by atoms with van der Waals surface area (Å²) in [6.07, 6.45) is -3.82. The molecule has 0 saturated carbocycles. The summed E-state index contributed by atoms with van der Waals surface area (Å²) in [6.45, 7) is 0.447. The lowest BCUT2D eigenvalue weighted by Crippen LogP contribution is -2.46. The fourth-order valence-electron chi connectivity index (χ4n) is 4.87. The van der Waals surface area contributed by atoms with Gasteiger partial charge in [-0.15, -0.1) is 11.3 Å². The van der Waals surface area contributed by atoms with Crippen LogP contribution in [-0.4, -0.2) is 123 Å². The van der Waals surface area contributed by atoms with Crippen molar-refractivity contribution in [1.29, 1.82) is 0 Å². The Hall–Kier alpha value is -3.00. The minimum atomic E-state index is -5.57. The van der Waals surface area contributed by atoms with Gasteiger partial charge in [0.2, 0.25) is 16.9 Å². The maximum atomic E-state index is 12.7. The van der Waals surface area contributed by atoms with Crippen LogP contribution >= 0.6 is 46.6 Å². The number of imidazole rings is 1. The number of nitrogens with zero attached hydrogens (tertiary/aromatic N) is 4. The maximum absolute atomic E-state index is 12.7. The third-order valence-corrected chi connectivity index (χ3v) is 12.4. The van der Waals surface area contributed by atoms with Gasteiger partial charge >= 0.3 is 23.5 Å². The molecule has 2 unspecified atom stereocenters. The van der Waals surface area contributed by atoms with Crippen molar-refractivity contribution in [2.24, 2.45) is 5.41 Å². The number of thioether (sulfide) groups is 1. The van der Waals surface area contributed by atoms with E-state index in [1.165, 1.54) is 31.3 Å². The number of thiophene rings is 1. The first-order valence-electron chi connectivity index (χ1n) is 16.3. The standard InChI is InChI=1S/C28H40N7O17P3S2/c1-28(2,23(39)26(40)31-8-7-18(36)30-9-11-57-19(37)6-5-16-4-3-10-56-16)13-49-55(46,47)52-54(44,45)48-12-17-22(51-53(41,42)43)21(38)27(50-17)35-15-34-20-24(29)32-14-33-25(20)35/h3-6,10,14-15,17,21-23,27,38-39H,7-9,11-13H2,1-2H3,(H,30,36)(H,31,40)(H,44,45)(H,46,47)(H2,29,32,33)(H2,41,42,43)/b6-5+/t17-,21-,22-,23+,27-/m1/s1. The smallest absolute Gasteiger partial charge is 0.386 e. The van der Waals surface area contributed by atoms with Crippen LogP contribution in [0.3, 0.4) is 0 Å². The molecule has 1 aliphatic rings. The number of ether oxygens (including phenoxy) is 1. The molecule has 24 nitrogen and oxygen atoms in total. The van der Waals surface area contributed by atoms with Gasteiger partial charge in [0.25, 0.3) is 0 Å². The van der Waals surface area contributed by atoms with E-state index in [2.05, 4.69) is 34.4 Å². The van der Waals surface area contributed by atoms with Crippen LogP contribution in [0.15, 0.2) is 36.2 Å². The lowest BCUT2D eigenvalue weighted by Gasteiger charge is -2.30. The second kappa shape index (κ2) is 19.8. The molecule has 29 heteroatoms. The Morgan fingerprint density at radius 1 is 1.11 bits per heavy atom. The summed E-state index contributed by atoms with van der Waals surface area (Å²) in [6, 6.07) is 3.72. The quantitative estimate of drug-likeness (QED) is 0.0398. The van der Waals surface area contributed by atoms with Gasteiger partial charge in [-0.2, -0.15) is 4.31 Å². The van der Waals surface area contributed by atoms with Crippen molar-refractivity contribution in [3.63, 3.8) is 0 Å². The van der Waals surface area contributed by atoms with Crippen molar-refractivity contribution in [3.8, 4) is 0 Å². The highest BCUT2D eigenvalue weighted by Crippen LogP contribution is 2.61. The van der Waals surface area contributed by atoms with E-state index in [0.717, 1.165) is 33.9 Å². The number of aliphatic hydroxyl groups excluding tert-OH is 2. The molecule has 316 valence electrons. The number of anilines is 1. The highest BCUT2D eigenvalue weighted by atomic mass is 32.2. The van der Waals surface area contributed by atoms with E-state index in [0.29, 0.717) is 5.75 Å². The Morgan fingerprint density at radius 2 is 1.82 bits per heavy atom. The molecule has 0 aromatic carbocycles. The molecule has 7 atom stereocenters. The van der Waals surface area contributed by atoms with Crippen LogP contribution in [0.2, 0.25) is 0 Å². The monoisotopic (exact) mass is 903 g/mol. The summed E-state index contributed by atoms with van der Waals surface area (Å²) < 4.78 is 62.1. The molecule has 0 spiro atoms. The van der Waals surface area contributed by atoms with Gasteiger partial charge < -0.3 is 50.9 Å². The number of hydrogen-bond donors (Lipinski definition) is 9. The van der Waals surface area contributed by atoms with Crippen molar-refractivity contribution >= 4 is 86.6 Å². The van der Waals surface area contributed by atoms with Gasteiger partial charge in [0.05, 0.1) is 19.5 Å². The first-order chi connectivity index (χ1) is 26.6. The van der Waals surface area contributed by atoms with Crippen molar-refractivity contribution in [2.45, 2.75) is 50.9 Å². The van der Waals surface area contributed by atoms with Gasteiger partial charge in [-0.05, 0) is 23.6 Å². The topological polar surface area (TPSA) is 364 Å². The number of fused-ring (bicyclic) bond motifs is 1. The third-order valence-electron chi connectivity index (χ3n) is 7.67. The highest BCUT2D eigenvalue weighted by molar-refractivity contribution is 8.14. The van der Waals surface area contributed by atoms with Crippen molar-refractivity contribution in [2.75, 3.05) is 37.8 Å². The summed E-state index contributed by atoms with van der Waals surface area (Å²) in [5.41, 5.74) is 4.25. The summed E-state index contributed by atoms with van der Waals surface area (Å²) in [4.78, 5) is 88.5. The Balaban J connectivity index is 1.22. The van der Waals surface area contributed by atoms with Crippen LogP contribution in [0, 0.1) is 5.41 Å². The summed E-state index contributed by atoms with van der Waals surface area (Å²) in [5.74, 6) is -1.17. The molecule has 0 radical (unpaired) electrons. The van der Waals surface area contributed by atoms with Gasteiger partial charge in [0, 0.05) is 35.6 Å². The predicted octanol–water partition coefficient (Wildman–Crippen LogP) is 0.440. The number of amides is 2. The molecule has 0 bridgehead atoms. The number of aliphatic hydroxyl groups is 2. The first kappa shape index (κ1) is 46.7. The van der Waals surface area contributed by atoms with E-state index in [9.17, 15) is 57.9 Å². The molecule has 1 aliphatic heterocycles. The normalized spacial score (nSPS) is 21.6. The van der Waals surface area contributed by atoms with Gasteiger partial charge in [0.15, 0.2) is 17.7 Å². The summed E-state index contributed by atoms with van der Waals surface area (Å²) in [5, 5.41) is 28.1. The van der Waals surface area contributed by atoms with Crippen molar-refractivity contribution in [3.05, 3.63) is 41.1 Å². The molecular formula is C28H40N7O17P3S2. The number of hydrogen-bond acceptors (Lipinski definition) is 19. The fourth-order valence-corrected chi connectivity index (χ4v) is 8.88. The molecule has 57 heavy (non-hydrogen) atoms. The van der Waals surface area contributed by atoms with Crippen molar-refractivity contribution < 1.29 is 80.5 Å². The number of phosphoric acid groups is 3. The Bertz CT molecular complexity index is 2050. The lowest BCUT2D eigenvalue weighted by atomic mass is 9.87. The largest absolute Gasteiger partial charge is 0.481 e. The highest BCUT2D eigenvalue weighted by Gasteiger charge is 2.50. The first-order valence-corrected chi connectivity index (χ1v) is 22.7. The van der Waals surface area contributed by atoms with Crippen LogP contribution in [0.1, 0.15) is 31.4 Å². The molecular weight excluding hydrogens is 863 g/mol. The van der Waals surface area contributed by atoms with Crippen LogP contribution < -0.4 is 16.4 Å². The van der Waals surface area contributed by atoms with E-state index in [1.807, 2.05) is 17.5 Å². The minimum absolute atomic E-state index is 0.0291. The molecule has 1 fully saturated rings. The zero-order valence-corrected chi connectivity index (χ0v) is 34.2. The third kappa shape index (κ3) is 14.1. The molecule has 4 rings (SSSR count). The molecule has 2 amide bonds. The zero-order valence-electron chi connectivity index (χ0n) is 29.9. The number of nitrogens with two attached hydrogens (primary N) is 1. The van der Waals surface area contributed by atoms with Crippen LogP contribution in [0.4, 0.5) is 5.82 Å². The molecule has 3 aromatic rings. The second-order valence-corrected chi connectivity index (χ2v) is 18.9. The number of aromatic nitrogens is 4. The van der Waals surface area contributed by atoms with Crippen LogP contribution in [0.25, 0.3) is 17.2 Å². The number of nitrogens with one attached hydrogen (secondary N) is 2. The Kier molecular flexibility index (Phi) is 16.2. The van der Waals surface area contributed by atoms with Gasteiger partial charge in [-0.1, -0.05) is 31.7 Å². The lowest BCUT2D eigenvalue weighted by molar-refractivity contribution is -0.137. The van der Waals surface area contributed by atoms with Crippen LogP contribution in [-0.2, 0) is 50.7 Å². The Morgan fingerprint density at radius 3 is 2.51 bits per heavy atom. The SMILES string of the molecule is CC(C)(COP(=O)(O)OP(=O)(O)OC[C@H]1O[C@@H](n2cnc3c(N)ncnc32)[C@H](O)[C@@H]1OP(=O)(O)O)[C@@H](O)C(=O)NCCC(=O)NCCSC(=O)/C=C/c1cccs1. The predicted molar refractivity (Wildman–Crippen MR) is 200 cm³/mol. The number of phosphoric ester groups is 3. The number of rotatable bonds is 21. The molecule has 4 heterocycles. The average molecular weight is 904 g/mol. The fraction of sp³-hybridized carbons (Fsp3) is 0.500. The van der Waals surface area contributed by atoms with E-state index >= 15 is 0 Å². The van der Waals surface area contributed by atoms with Crippen molar-refractivity contribution in [1.82, 2.24) is 30.2 Å². The second-order valence-electron chi connectivity index (χ2n) is 12.6. The molecule has 3 aromatic heterocycles. The molecule has 0 aliphatic carbocycles. The number of carbonyl (C=O) groups is 3. The number of carbonyl (C=O) groups excluding carboxylic acids is 3. The van der Waals surface area contributed by atoms with E-state index in [1.54, 1.807) is 6.08 Å². The average Bonchev–Trinajstić information content (AvgIpc) is 3.87. The van der Waals surface area contributed by atoms with Gasteiger partial charge in [-0.25, -0.2) is 28.6 Å². The zero-order chi connectivity index (χ0) is 42.2. The minimum Gasteiger partial charge on any atom is -0.386 e. The van der Waals surface area contributed by atoms with E-state index in [4.69, 9.17) is 19.5 Å². The van der Waals surface area contributed by atoms with Crippen LogP contribution in [0.5, 0.6) is 0 Å². The van der Waals surface area contributed by atoms with Gasteiger partial charge in [0.1, 0.15) is 36.3 Å². The van der Waals surface area contributed by atoms with E-state index in [-0.39, 0.29) is 41.6 Å². The summed E-state index contributed by atoms with van der Waals surface area (Å²) >= 11 is 2.49. The molecule has 10 N–H and O–H groups in total. The summed E-state index contributed by atoms with van der Waals surface area (Å²) in [7, 11) is -16.4.